The van der Waals surface area contributed by atoms with E-state index in [4.69, 9.17) is 0 Å². The fraction of sp³-hybridized carbons (Fsp3) is 0.786. The van der Waals surface area contributed by atoms with Crippen molar-refractivity contribution in [3.8, 4) is 6.07 Å². The Bertz CT molecular complexity index is 478. The fourth-order valence-electron chi connectivity index (χ4n) is 2.49. The van der Waals surface area contributed by atoms with Gasteiger partial charge in [0.15, 0.2) is 5.16 Å². The number of aromatic nitrogens is 3. The normalized spacial score (nSPS) is 17.9. The molecule has 0 saturated heterocycles. The van der Waals surface area contributed by atoms with Crippen LogP contribution < -0.4 is 5.32 Å². The van der Waals surface area contributed by atoms with Gasteiger partial charge in [-0.25, -0.2) is 0 Å². The van der Waals surface area contributed by atoms with E-state index < -0.39 is 5.54 Å². The standard InChI is InChI=1S/C14H23N5S/c1-3-16-14(2,11-15)8-10-20-13-18-17-12-7-5-4-6-9-19(12)13/h16H,3-10H2,1-2H3. The third kappa shape index (κ3) is 3.74. The predicted octanol–water partition coefficient (Wildman–Crippen LogP) is 2.38. The highest BCUT2D eigenvalue weighted by molar-refractivity contribution is 7.99. The smallest absolute Gasteiger partial charge is 0.191 e. The number of aryl methyl sites for hydroxylation is 1. The van der Waals surface area contributed by atoms with Crippen LogP contribution in [0.5, 0.6) is 0 Å². The number of hydrogen-bond acceptors (Lipinski definition) is 5. The van der Waals surface area contributed by atoms with Crippen molar-refractivity contribution in [2.24, 2.45) is 0 Å². The first-order valence-corrected chi connectivity index (χ1v) is 8.38. The Balaban J connectivity index is 1.92. The first-order valence-electron chi connectivity index (χ1n) is 7.39. The van der Waals surface area contributed by atoms with Crippen molar-refractivity contribution in [2.45, 2.75) is 63.2 Å². The second kappa shape index (κ2) is 7.09. The van der Waals surface area contributed by atoms with Gasteiger partial charge in [0.2, 0.25) is 0 Å². The van der Waals surface area contributed by atoms with E-state index in [1.807, 2.05) is 13.8 Å². The molecule has 20 heavy (non-hydrogen) atoms. The third-order valence-electron chi connectivity index (χ3n) is 3.72. The van der Waals surface area contributed by atoms with Crippen molar-refractivity contribution in [3.05, 3.63) is 5.82 Å². The van der Waals surface area contributed by atoms with Crippen LogP contribution in [0, 0.1) is 11.3 Å². The van der Waals surface area contributed by atoms with Crippen LogP contribution in [-0.2, 0) is 13.0 Å². The van der Waals surface area contributed by atoms with Crippen LogP contribution in [0.1, 0.15) is 45.4 Å². The molecule has 6 heteroatoms. The monoisotopic (exact) mass is 293 g/mol. The molecule has 1 aliphatic rings. The van der Waals surface area contributed by atoms with E-state index in [1.165, 1.54) is 19.3 Å². The molecule has 1 aromatic rings. The van der Waals surface area contributed by atoms with Crippen molar-refractivity contribution in [1.29, 1.82) is 5.26 Å². The van der Waals surface area contributed by atoms with Gasteiger partial charge in [0.1, 0.15) is 11.4 Å². The number of fused-ring (bicyclic) bond motifs is 1. The minimum Gasteiger partial charge on any atom is -0.306 e. The van der Waals surface area contributed by atoms with E-state index in [1.54, 1.807) is 11.8 Å². The van der Waals surface area contributed by atoms with Crippen LogP contribution in [0.2, 0.25) is 0 Å². The zero-order chi connectivity index (χ0) is 14.4. The lowest BCUT2D eigenvalue weighted by Gasteiger charge is -2.21. The fourth-order valence-corrected chi connectivity index (χ4v) is 3.63. The van der Waals surface area contributed by atoms with Crippen LogP contribution in [0.15, 0.2) is 5.16 Å². The summed E-state index contributed by atoms with van der Waals surface area (Å²) in [5, 5.41) is 22.1. The van der Waals surface area contributed by atoms with Gasteiger partial charge in [0.25, 0.3) is 0 Å². The zero-order valence-electron chi connectivity index (χ0n) is 12.4. The van der Waals surface area contributed by atoms with E-state index in [-0.39, 0.29) is 0 Å². The van der Waals surface area contributed by atoms with Crippen LogP contribution >= 0.6 is 11.8 Å². The second-order valence-electron chi connectivity index (χ2n) is 5.43. The summed E-state index contributed by atoms with van der Waals surface area (Å²) in [6.45, 7) is 5.84. The van der Waals surface area contributed by atoms with Crippen molar-refractivity contribution in [1.82, 2.24) is 20.1 Å². The van der Waals surface area contributed by atoms with Gasteiger partial charge >= 0.3 is 0 Å². The van der Waals surface area contributed by atoms with E-state index in [0.29, 0.717) is 0 Å². The molecule has 5 nitrogen and oxygen atoms in total. The third-order valence-corrected chi connectivity index (χ3v) is 4.69. The summed E-state index contributed by atoms with van der Waals surface area (Å²) in [6, 6.07) is 2.36. The molecule has 1 atom stereocenters. The Morgan fingerprint density at radius 1 is 1.40 bits per heavy atom. The molecule has 1 aromatic heterocycles. The first-order chi connectivity index (χ1) is 9.68. The summed E-state index contributed by atoms with van der Waals surface area (Å²) in [7, 11) is 0. The first kappa shape index (κ1) is 15.3. The Hall–Kier alpha value is -1.06. The molecule has 2 rings (SSSR count). The molecule has 0 radical (unpaired) electrons. The van der Waals surface area contributed by atoms with Gasteiger partial charge in [-0.1, -0.05) is 25.1 Å². The van der Waals surface area contributed by atoms with Crippen LogP contribution in [0.25, 0.3) is 0 Å². The molecule has 2 heterocycles. The average Bonchev–Trinajstić information content (AvgIpc) is 2.68. The minimum absolute atomic E-state index is 0.441. The zero-order valence-corrected chi connectivity index (χ0v) is 13.2. The summed E-state index contributed by atoms with van der Waals surface area (Å²) in [6.07, 6.45) is 5.56. The topological polar surface area (TPSA) is 66.5 Å². The lowest BCUT2D eigenvalue weighted by molar-refractivity contribution is 0.450. The van der Waals surface area contributed by atoms with Gasteiger partial charge in [0.05, 0.1) is 6.07 Å². The number of nitrogens with one attached hydrogen (secondary N) is 1. The van der Waals surface area contributed by atoms with Crippen molar-refractivity contribution in [3.63, 3.8) is 0 Å². The van der Waals surface area contributed by atoms with Gasteiger partial charge in [0, 0.05) is 18.7 Å². The largest absolute Gasteiger partial charge is 0.306 e. The number of nitrogens with zero attached hydrogens (tertiary/aromatic N) is 4. The van der Waals surface area contributed by atoms with Crippen molar-refractivity contribution < 1.29 is 0 Å². The summed E-state index contributed by atoms with van der Waals surface area (Å²) in [5.74, 6) is 2.01. The molecule has 1 N–H and O–H groups in total. The maximum absolute atomic E-state index is 9.25. The molecule has 110 valence electrons. The Kier molecular flexibility index (Phi) is 5.44. The SMILES string of the molecule is CCNC(C)(C#N)CCSc1nnc2n1CCCCC2. The van der Waals surface area contributed by atoms with E-state index >= 15 is 0 Å². The summed E-state index contributed by atoms with van der Waals surface area (Å²) in [4.78, 5) is 0. The highest BCUT2D eigenvalue weighted by atomic mass is 32.2. The lowest BCUT2D eigenvalue weighted by Crippen LogP contribution is -2.41. The Morgan fingerprint density at radius 2 is 2.25 bits per heavy atom. The Morgan fingerprint density at radius 3 is 3.00 bits per heavy atom. The molecule has 0 spiro atoms. The van der Waals surface area contributed by atoms with Gasteiger partial charge in [-0.2, -0.15) is 5.26 Å². The van der Waals surface area contributed by atoms with E-state index in [2.05, 4.69) is 26.2 Å². The second-order valence-corrected chi connectivity index (χ2v) is 6.50. The van der Waals surface area contributed by atoms with Crippen molar-refractivity contribution in [2.75, 3.05) is 12.3 Å². The maximum atomic E-state index is 9.25. The molecule has 0 bridgehead atoms. The van der Waals surface area contributed by atoms with Crippen LogP contribution in [0.4, 0.5) is 0 Å². The van der Waals surface area contributed by atoms with Gasteiger partial charge in [-0.05, 0) is 32.7 Å². The molecule has 1 unspecified atom stereocenters. The lowest BCUT2D eigenvalue weighted by atomic mass is 10.0. The summed E-state index contributed by atoms with van der Waals surface area (Å²) in [5.41, 5.74) is -0.441. The number of rotatable bonds is 6. The van der Waals surface area contributed by atoms with Crippen LogP contribution in [-0.4, -0.2) is 32.6 Å². The summed E-state index contributed by atoms with van der Waals surface area (Å²) >= 11 is 1.72. The molecule has 1 aliphatic heterocycles. The number of nitriles is 1. The quantitative estimate of drug-likeness (QED) is 0.816. The van der Waals surface area contributed by atoms with Gasteiger partial charge < -0.3 is 4.57 Å². The highest BCUT2D eigenvalue weighted by Crippen LogP contribution is 2.24. The molecular weight excluding hydrogens is 270 g/mol. The van der Waals surface area contributed by atoms with E-state index in [0.717, 1.165) is 42.7 Å². The van der Waals surface area contributed by atoms with Crippen molar-refractivity contribution >= 4 is 11.8 Å². The molecule has 0 amide bonds. The molecule has 0 aromatic carbocycles. The average molecular weight is 293 g/mol. The van der Waals surface area contributed by atoms with E-state index in [9.17, 15) is 5.26 Å². The predicted molar refractivity (Wildman–Crippen MR) is 80.6 cm³/mol. The van der Waals surface area contributed by atoms with Gasteiger partial charge in [-0.15, -0.1) is 10.2 Å². The number of hydrogen-bond donors (Lipinski definition) is 1. The Labute approximate surface area is 125 Å². The molecule has 0 saturated carbocycles. The number of thioether (sulfide) groups is 1. The summed E-state index contributed by atoms with van der Waals surface area (Å²) < 4.78 is 2.26. The molecule has 0 fully saturated rings. The van der Waals surface area contributed by atoms with Crippen LogP contribution in [0.3, 0.4) is 0 Å². The maximum Gasteiger partial charge on any atom is 0.191 e. The highest BCUT2D eigenvalue weighted by Gasteiger charge is 2.22. The molecule has 0 aliphatic carbocycles. The minimum atomic E-state index is -0.441. The van der Waals surface area contributed by atoms with Gasteiger partial charge in [-0.3, -0.25) is 5.32 Å². The molecular formula is C14H23N5S.